The quantitative estimate of drug-likeness (QED) is 0.862. The van der Waals surface area contributed by atoms with E-state index in [1.165, 1.54) is 12.3 Å². The van der Waals surface area contributed by atoms with Crippen molar-refractivity contribution in [3.63, 3.8) is 0 Å². The van der Waals surface area contributed by atoms with Gasteiger partial charge in [0.2, 0.25) is 0 Å². The van der Waals surface area contributed by atoms with Gasteiger partial charge in [-0.3, -0.25) is 9.78 Å². The summed E-state index contributed by atoms with van der Waals surface area (Å²) >= 11 is 0. The molecular formula is C17H20FN3O. The first-order chi connectivity index (χ1) is 10.6. The number of aromatic nitrogens is 1. The second-order valence-electron chi connectivity index (χ2n) is 5.36. The first-order valence-corrected chi connectivity index (χ1v) is 7.29. The van der Waals surface area contributed by atoms with Crippen LogP contribution in [0.5, 0.6) is 0 Å². The van der Waals surface area contributed by atoms with Gasteiger partial charge in [-0.2, -0.15) is 0 Å². The molecule has 0 aliphatic heterocycles. The van der Waals surface area contributed by atoms with Gasteiger partial charge in [-0.1, -0.05) is 18.2 Å². The summed E-state index contributed by atoms with van der Waals surface area (Å²) in [5.41, 5.74) is 1.91. The molecule has 0 spiro atoms. The van der Waals surface area contributed by atoms with Gasteiger partial charge in [0, 0.05) is 25.0 Å². The number of nitrogens with one attached hydrogen (secondary N) is 2. The van der Waals surface area contributed by atoms with E-state index in [2.05, 4.69) is 15.6 Å². The summed E-state index contributed by atoms with van der Waals surface area (Å²) in [5.74, 6) is -0.354. The number of carbonyl (C=O) groups is 1. The second-order valence-corrected chi connectivity index (χ2v) is 5.36. The molecule has 116 valence electrons. The molecule has 2 rings (SSSR count). The maximum Gasteiger partial charge on any atom is 0.253 e. The predicted molar refractivity (Wildman–Crippen MR) is 85.4 cm³/mol. The van der Waals surface area contributed by atoms with Gasteiger partial charge in [0.25, 0.3) is 5.91 Å². The lowest BCUT2D eigenvalue weighted by Crippen LogP contribution is -2.30. The van der Waals surface area contributed by atoms with Crippen LogP contribution in [0.1, 0.15) is 29.8 Å². The van der Waals surface area contributed by atoms with Crippen molar-refractivity contribution >= 4 is 11.6 Å². The van der Waals surface area contributed by atoms with E-state index >= 15 is 0 Å². The largest absolute Gasteiger partial charge is 0.383 e. The van der Waals surface area contributed by atoms with Crippen molar-refractivity contribution < 1.29 is 9.18 Å². The van der Waals surface area contributed by atoms with E-state index in [-0.39, 0.29) is 17.8 Å². The Kier molecular flexibility index (Phi) is 5.47. The zero-order valence-electron chi connectivity index (χ0n) is 12.8. The third kappa shape index (κ3) is 4.55. The first-order valence-electron chi connectivity index (χ1n) is 7.29. The molecule has 1 heterocycles. The summed E-state index contributed by atoms with van der Waals surface area (Å²) in [7, 11) is 0. The van der Waals surface area contributed by atoms with E-state index in [1.807, 2.05) is 19.9 Å². The molecule has 1 aromatic heterocycles. The molecule has 0 unspecified atom stereocenters. The topological polar surface area (TPSA) is 54.0 Å². The standard InChI is InChI=1S/C17H20FN3O/c1-12(2)21-17(22)14-9-15(11-19-10-14)20-8-7-13-5-3-4-6-16(13)18/h3-6,9-12,20H,7-8H2,1-2H3,(H,21,22). The number of pyridine rings is 1. The van der Waals surface area contributed by atoms with Crippen LogP contribution in [0.3, 0.4) is 0 Å². The molecule has 0 radical (unpaired) electrons. The van der Waals surface area contributed by atoms with Crippen LogP contribution in [-0.2, 0) is 6.42 Å². The summed E-state index contributed by atoms with van der Waals surface area (Å²) in [4.78, 5) is 16.0. The van der Waals surface area contributed by atoms with Crippen LogP contribution in [0.25, 0.3) is 0 Å². The normalized spacial score (nSPS) is 10.5. The van der Waals surface area contributed by atoms with E-state index in [0.29, 0.717) is 24.1 Å². The maximum absolute atomic E-state index is 13.5. The van der Waals surface area contributed by atoms with Crippen molar-refractivity contribution in [3.8, 4) is 0 Å². The van der Waals surface area contributed by atoms with Gasteiger partial charge in [0.15, 0.2) is 0 Å². The van der Waals surface area contributed by atoms with Crippen LogP contribution in [0.15, 0.2) is 42.7 Å². The van der Waals surface area contributed by atoms with E-state index in [0.717, 1.165) is 5.69 Å². The van der Waals surface area contributed by atoms with Gasteiger partial charge in [-0.05, 0) is 38.0 Å². The molecule has 2 N–H and O–H groups in total. The average molecular weight is 301 g/mol. The molecule has 4 nitrogen and oxygen atoms in total. The van der Waals surface area contributed by atoms with Crippen molar-refractivity contribution in [1.82, 2.24) is 10.3 Å². The van der Waals surface area contributed by atoms with Crippen LogP contribution < -0.4 is 10.6 Å². The first kappa shape index (κ1) is 15.9. The summed E-state index contributed by atoms with van der Waals surface area (Å²) in [6, 6.07) is 8.52. The highest BCUT2D eigenvalue weighted by Gasteiger charge is 2.08. The Labute approximate surface area is 129 Å². The Bertz CT molecular complexity index is 643. The molecule has 0 aliphatic carbocycles. The smallest absolute Gasteiger partial charge is 0.253 e. The number of benzene rings is 1. The van der Waals surface area contributed by atoms with Crippen molar-refractivity contribution in [2.75, 3.05) is 11.9 Å². The van der Waals surface area contributed by atoms with Crippen molar-refractivity contribution in [2.24, 2.45) is 0 Å². The zero-order chi connectivity index (χ0) is 15.9. The molecule has 0 saturated carbocycles. The molecule has 0 fully saturated rings. The summed E-state index contributed by atoms with van der Waals surface area (Å²) in [6.45, 7) is 4.38. The fourth-order valence-corrected chi connectivity index (χ4v) is 2.05. The van der Waals surface area contributed by atoms with Crippen LogP contribution in [0.4, 0.5) is 10.1 Å². The molecule has 0 saturated heterocycles. The fraction of sp³-hybridized carbons (Fsp3) is 0.294. The minimum absolute atomic E-state index is 0.0742. The third-order valence-electron chi connectivity index (χ3n) is 3.10. The lowest BCUT2D eigenvalue weighted by molar-refractivity contribution is 0.0943. The van der Waals surface area contributed by atoms with Crippen molar-refractivity contribution in [3.05, 3.63) is 59.7 Å². The molecule has 1 aromatic carbocycles. The average Bonchev–Trinajstić information content (AvgIpc) is 2.49. The number of nitrogens with zero attached hydrogens (tertiary/aromatic N) is 1. The molecule has 1 amide bonds. The predicted octanol–water partition coefficient (Wildman–Crippen LogP) is 3.01. The van der Waals surface area contributed by atoms with Crippen molar-refractivity contribution in [2.45, 2.75) is 26.3 Å². The summed E-state index contributed by atoms with van der Waals surface area (Å²) in [6.07, 6.45) is 3.74. The molecule has 2 aromatic rings. The van der Waals surface area contributed by atoms with E-state index < -0.39 is 0 Å². The van der Waals surface area contributed by atoms with Crippen LogP contribution >= 0.6 is 0 Å². The van der Waals surface area contributed by atoms with Gasteiger partial charge in [0.1, 0.15) is 5.82 Å². The maximum atomic E-state index is 13.5. The Balaban J connectivity index is 1.93. The Morgan fingerprint density at radius 3 is 2.77 bits per heavy atom. The second kappa shape index (κ2) is 7.54. The Morgan fingerprint density at radius 2 is 2.05 bits per heavy atom. The van der Waals surface area contributed by atoms with Gasteiger partial charge < -0.3 is 10.6 Å². The monoisotopic (exact) mass is 301 g/mol. The number of anilines is 1. The highest BCUT2D eigenvalue weighted by atomic mass is 19.1. The summed E-state index contributed by atoms with van der Waals surface area (Å²) in [5, 5.41) is 5.98. The zero-order valence-corrected chi connectivity index (χ0v) is 12.8. The third-order valence-corrected chi connectivity index (χ3v) is 3.10. The molecular weight excluding hydrogens is 281 g/mol. The highest BCUT2D eigenvalue weighted by molar-refractivity contribution is 5.94. The van der Waals surface area contributed by atoms with E-state index in [1.54, 1.807) is 24.4 Å². The van der Waals surface area contributed by atoms with Gasteiger partial charge >= 0.3 is 0 Å². The number of carbonyl (C=O) groups excluding carboxylic acids is 1. The SMILES string of the molecule is CC(C)NC(=O)c1cncc(NCCc2ccccc2F)c1. The summed E-state index contributed by atoms with van der Waals surface area (Å²) < 4.78 is 13.5. The highest BCUT2D eigenvalue weighted by Crippen LogP contribution is 2.11. The Hall–Kier alpha value is -2.43. The Morgan fingerprint density at radius 1 is 1.27 bits per heavy atom. The van der Waals surface area contributed by atoms with Crippen LogP contribution in [-0.4, -0.2) is 23.5 Å². The van der Waals surface area contributed by atoms with Crippen LogP contribution in [0.2, 0.25) is 0 Å². The lowest BCUT2D eigenvalue weighted by Gasteiger charge is -2.10. The molecule has 0 aliphatic rings. The minimum Gasteiger partial charge on any atom is -0.383 e. The number of hydrogen-bond acceptors (Lipinski definition) is 3. The number of amides is 1. The van der Waals surface area contributed by atoms with Gasteiger partial charge in [-0.25, -0.2) is 4.39 Å². The molecule has 0 atom stereocenters. The fourth-order valence-electron chi connectivity index (χ4n) is 2.05. The molecule has 22 heavy (non-hydrogen) atoms. The van der Waals surface area contributed by atoms with Crippen molar-refractivity contribution in [1.29, 1.82) is 0 Å². The number of hydrogen-bond donors (Lipinski definition) is 2. The number of rotatable bonds is 6. The number of halogens is 1. The molecule has 0 bridgehead atoms. The van der Waals surface area contributed by atoms with Gasteiger partial charge in [0.05, 0.1) is 11.3 Å². The lowest BCUT2D eigenvalue weighted by atomic mass is 10.1. The van der Waals surface area contributed by atoms with E-state index in [4.69, 9.17) is 0 Å². The molecule has 5 heteroatoms. The van der Waals surface area contributed by atoms with Gasteiger partial charge in [-0.15, -0.1) is 0 Å². The minimum atomic E-state index is -0.201. The van der Waals surface area contributed by atoms with E-state index in [9.17, 15) is 9.18 Å². The van der Waals surface area contributed by atoms with Crippen LogP contribution in [0, 0.1) is 5.82 Å².